The molecule has 0 unspecified atom stereocenters. The molecule has 3 nitrogen and oxygen atoms in total. The van der Waals surface area contributed by atoms with Gasteiger partial charge in [-0.2, -0.15) is 0 Å². The first kappa shape index (κ1) is 14.0. The lowest BCUT2D eigenvalue weighted by Crippen LogP contribution is -2.13. The largest absolute Gasteiger partial charge is 0.399 e. The van der Waals surface area contributed by atoms with Crippen LogP contribution in [0.1, 0.15) is 20.8 Å². The fourth-order valence-corrected chi connectivity index (χ4v) is 0.382. The second-order valence-electron chi connectivity index (χ2n) is 2.27. The monoisotopic (exact) mass is 182 g/mol. The first-order chi connectivity index (χ1) is 5.95. The van der Waals surface area contributed by atoms with Crippen LogP contribution < -0.4 is 11.5 Å². The molecule has 0 aromatic heterocycles. The number of rotatable bonds is 3. The van der Waals surface area contributed by atoms with Crippen molar-refractivity contribution in [2.45, 2.75) is 20.8 Å². The Morgan fingerprint density at radius 2 is 1.62 bits per heavy atom. The quantitative estimate of drug-likeness (QED) is 0.512. The summed E-state index contributed by atoms with van der Waals surface area (Å²) in [5.74, 6) is -0.575. The minimum atomic E-state index is -0.575. The summed E-state index contributed by atoms with van der Waals surface area (Å²) in [6.07, 6.45) is 1.41. The van der Waals surface area contributed by atoms with E-state index in [-0.39, 0.29) is 5.57 Å². The van der Waals surface area contributed by atoms with Crippen LogP contribution in [0.2, 0.25) is 0 Å². The second-order valence-corrected chi connectivity index (χ2v) is 2.27. The molecule has 4 N–H and O–H groups in total. The summed E-state index contributed by atoms with van der Waals surface area (Å²) >= 11 is 0. The number of carbonyl (C=O) groups is 1. The summed E-state index contributed by atoms with van der Waals surface area (Å²) in [5.41, 5.74) is 11.7. The van der Waals surface area contributed by atoms with Crippen LogP contribution in [0.3, 0.4) is 0 Å². The molecule has 0 aliphatic carbocycles. The van der Waals surface area contributed by atoms with Crippen molar-refractivity contribution >= 4 is 5.91 Å². The van der Waals surface area contributed by atoms with E-state index in [1.807, 2.05) is 13.8 Å². The number of hydrogen-bond acceptors (Lipinski definition) is 2. The predicted octanol–water partition coefficient (Wildman–Crippen LogP) is 1.47. The van der Waals surface area contributed by atoms with Crippen molar-refractivity contribution < 1.29 is 4.79 Å². The van der Waals surface area contributed by atoms with E-state index in [2.05, 4.69) is 13.2 Å². The molecule has 13 heavy (non-hydrogen) atoms. The molecular formula is C10H18N2O. The number of amides is 1. The third-order valence-electron chi connectivity index (χ3n) is 1.14. The van der Waals surface area contributed by atoms with E-state index >= 15 is 0 Å². The van der Waals surface area contributed by atoms with Crippen LogP contribution in [0.25, 0.3) is 0 Å². The Balaban J connectivity index is 0. The maximum atomic E-state index is 10.5. The van der Waals surface area contributed by atoms with Crippen LogP contribution in [0.15, 0.2) is 36.1 Å². The van der Waals surface area contributed by atoms with E-state index in [9.17, 15) is 4.79 Å². The van der Waals surface area contributed by atoms with E-state index in [1.165, 1.54) is 6.08 Å². The molecule has 0 heterocycles. The first-order valence-electron chi connectivity index (χ1n) is 4.07. The van der Waals surface area contributed by atoms with Crippen LogP contribution in [0.4, 0.5) is 0 Å². The van der Waals surface area contributed by atoms with Crippen LogP contribution >= 0.6 is 0 Å². The lowest BCUT2D eigenvalue weighted by atomic mass is 10.2. The molecule has 0 bridgehead atoms. The topological polar surface area (TPSA) is 69.1 Å². The summed E-state index contributed by atoms with van der Waals surface area (Å²) in [7, 11) is 0. The highest BCUT2D eigenvalue weighted by Crippen LogP contribution is 2.02. The molecule has 74 valence electrons. The van der Waals surface area contributed by atoms with Gasteiger partial charge in [0.05, 0.1) is 0 Å². The van der Waals surface area contributed by atoms with Gasteiger partial charge in [-0.3, -0.25) is 4.79 Å². The molecule has 0 saturated heterocycles. The maximum absolute atomic E-state index is 10.5. The predicted molar refractivity (Wildman–Crippen MR) is 56.8 cm³/mol. The van der Waals surface area contributed by atoms with E-state index in [4.69, 9.17) is 11.5 Å². The zero-order valence-corrected chi connectivity index (χ0v) is 8.55. The average molecular weight is 182 g/mol. The van der Waals surface area contributed by atoms with Gasteiger partial charge < -0.3 is 11.5 Å². The Hall–Kier alpha value is -1.51. The van der Waals surface area contributed by atoms with Crippen molar-refractivity contribution in [1.29, 1.82) is 0 Å². The molecule has 0 spiro atoms. The molecule has 1 amide bonds. The highest BCUT2D eigenvalue weighted by molar-refractivity contribution is 5.94. The summed E-state index contributed by atoms with van der Waals surface area (Å²) in [6.45, 7) is 12.7. The molecule has 0 radical (unpaired) electrons. The molecule has 3 heteroatoms. The van der Waals surface area contributed by atoms with Gasteiger partial charge in [-0.15, -0.1) is 0 Å². The maximum Gasteiger partial charge on any atom is 0.248 e. The van der Waals surface area contributed by atoms with Crippen LogP contribution in [0.5, 0.6) is 0 Å². The SMILES string of the molecule is C=C(/C=C(/N)C(=C)C)C(N)=O.CC. The summed E-state index contributed by atoms with van der Waals surface area (Å²) in [6, 6.07) is 0. The first-order valence-corrected chi connectivity index (χ1v) is 4.07. The third-order valence-corrected chi connectivity index (χ3v) is 1.14. The fraction of sp³-hybridized carbons (Fsp3) is 0.300. The minimum Gasteiger partial charge on any atom is -0.399 e. The third kappa shape index (κ3) is 6.87. The molecule has 0 saturated carbocycles. The Morgan fingerprint density at radius 1 is 1.23 bits per heavy atom. The smallest absolute Gasteiger partial charge is 0.248 e. The highest BCUT2D eigenvalue weighted by Gasteiger charge is 1.98. The molecule has 0 aromatic rings. The van der Waals surface area contributed by atoms with Gasteiger partial charge in [0, 0.05) is 11.3 Å². The van der Waals surface area contributed by atoms with E-state index in [0.717, 1.165) is 0 Å². The van der Waals surface area contributed by atoms with Gasteiger partial charge in [-0.05, 0) is 18.6 Å². The molecule has 0 atom stereocenters. The van der Waals surface area contributed by atoms with E-state index in [0.29, 0.717) is 11.3 Å². The summed E-state index contributed by atoms with van der Waals surface area (Å²) in [4.78, 5) is 10.5. The van der Waals surface area contributed by atoms with Gasteiger partial charge in [0.2, 0.25) is 5.91 Å². The Kier molecular flexibility index (Phi) is 7.73. The van der Waals surface area contributed by atoms with Crippen LogP contribution in [0, 0.1) is 0 Å². The Bertz CT molecular complexity index is 239. The normalized spacial score (nSPS) is 9.62. The van der Waals surface area contributed by atoms with E-state index < -0.39 is 5.91 Å². The van der Waals surface area contributed by atoms with Crippen molar-refractivity contribution in [3.05, 3.63) is 36.1 Å². The van der Waals surface area contributed by atoms with E-state index in [1.54, 1.807) is 6.92 Å². The Morgan fingerprint density at radius 3 is 1.85 bits per heavy atom. The lowest BCUT2D eigenvalue weighted by molar-refractivity contribution is -0.114. The number of allylic oxidation sites excluding steroid dienone is 1. The highest BCUT2D eigenvalue weighted by atomic mass is 16.1. The number of nitrogens with two attached hydrogens (primary N) is 2. The standard InChI is InChI=1S/C8H12N2O.C2H6/c1-5(2)7(9)4-6(3)8(10)11;1-2/h4H,1,3,9H2,2H3,(H2,10,11);1-2H3/b7-4+;. The molecule has 0 rings (SSSR count). The van der Waals surface area contributed by atoms with Crippen molar-refractivity contribution in [2.75, 3.05) is 0 Å². The van der Waals surface area contributed by atoms with Crippen molar-refractivity contribution in [3.63, 3.8) is 0 Å². The molecular weight excluding hydrogens is 164 g/mol. The zero-order chi connectivity index (χ0) is 11.0. The molecule has 0 aliphatic heterocycles. The average Bonchev–Trinajstić information content (AvgIpc) is 2.07. The number of hydrogen-bond donors (Lipinski definition) is 2. The van der Waals surface area contributed by atoms with Gasteiger partial charge in [-0.25, -0.2) is 0 Å². The molecule has 0 aromatic carbocycles. The van der Waals surface area contributed by atoms with Gasteiger partial charge >= 0.3 is 0 Å². The van der Waals surface area contributed by atoms with Crippen molar-refractivity contribution in [1.82, 2.24) is 0 Å². The molecule has 0 aliphatic rings. The minimum absolute atomic E-state index is 0.186. The van der Waals surface area contributed by atoms with Gasteiger partial charge in [0.25, 0.3) is 0 Å². The lowest BCUT2D eigenvalue weighted by Gasteiger charge is -1.98. The van der Waals surface area contributed by atoms with Crippen LogP contribution in [-0.2, 0) is 4.79 Å². The summed E-state index contributed by atoms with van der Waals surface area (Å²) in [5, 5.41) is 0. The van der Waals surface area contributed by atoms with Crippen LogP contribution in [-0.4, -0.2) is 5.91 Å². The van der Waals surface area contributed by atoms with Crippen molar-refractivity contribution in [2.24, 2.45) is 11.5 Å². The number of primary amides is 1. The van der Waals surface area contributed by atoms with Gasteiger partial charge in [0.15, 0.2) is 0 Å². The fourth-order valence-electron chi connectivity index (χ4n) is 0.382. The van der Waals surface area contributed by atoms with Gasteiger partial charge in [0.1, 0.15) is 0 Å². The summed E-state index contributed by atoms with van der Waals surface area (Å²) < 4.78 is 0. The second kappa shape index (κ2) is 7.16. The molecule has 0 fully saturated rings. The Labute approximate surface area is 79.8 Å². The van der Waals surface area contributed by atoms with Crippen molar-refractivity contribution in [3.8, 4) is 0 Å². The zero-order valence-electron chi connectivity index (χ0n) is 8.55. The number of carbonyl (C=O) groups excluding carboxylic acids is 1. The van der Waals surface area contributed by atoms with Gasteiger partial charge in [-0.1, -0.05) is 27.0 Å².